The summed E-state index contributed by atoms with van der Waals surface area (Å²) >= 11 is 15.9. The molecular formula is C38H26BrCl2F3N4O5. The van der Waals surface area contributed by atoms with Crippen LogP contribution in [0.5, 0.6) is 5.75 Å². The minimum absolute atomic E-state index is 0.0517. The van der Waals surface area contributed by atoms with Crippen molar-refractivity contribution in [2.75, 3.05) is 10.3 Å². The fraction of sp³-hybridized carbons (Fsp3) is 0.237. The number of phenols is 1. The number of amides is 4. The molecule has 0 bridgehead atoms. The second-order valence-electron chi connectivity index (χ2n) is 13.5. The topological polar surface area (TPSA) is 120 Å². The van der Waals surface area contributed by atoms with E-state index >= 15 is 4.79 Å². The van der Waals surface area contributed by atoms with Gasteiger partial charge in [-0.05, 0) is 72.9 Å². The molecule has 15 heteroatoms. The number of allylic oxidation sites excluding steroid dienone is 2. The van der Waals surface area contributed by atoms with Gasteiger partial charge in [-0.3, -0.25) is 29.5 Å². The molecule has 2 aliphatic carbocycles. The molecule has 53 heavy (non-hydrogen) atoms. The van der Waals surface area contributed by atoms with Gasteiger partial charge in [0.15, 0.2) is 5.82 Å². The Bertz CT molecular complexity index is 2250. The van der Waals surface area contributed by atoms with Gasteiger partial charge in [0.2, 0.25) is 11.8 Å². The lowest BCUT2D eigenvalue weighted by molar-refractivity contribution is -0.139. The third kappa shape index (κ3) is 5.38. The van der Waals surface area contributed by atoms with Crippen LogP contribution < -0.4 is 10.3 Å². The summed E-state index contributed by atoms with van der Waals surface area (Å²) in [7, 11) is 0. The number of hydrogen-bond acceptors (Lipinski definition) is 7. The standard InChI is InChI=1S/C38H26BrCl2F3N4O5/c39-20-7-11-22(12-8-20)47-33(50)25-14-13-23-26(30(25)35(47)52)16-27-34(51)48(46-32-28(41)15-19(17-45-32)38(42,43)44)36(53)37(27,18-5-9-21(40)10-6-18)31(23)24-3-1-2-4-29(24)49/h1-13,15,17,25-27,30-31,49H,14,16H2,(H,45,46). The van der Waals surface area contributed by atoms with Crippen molar-refractivity contribution in [1.29, 1.82) is 0 Å². The van der Waals surface area contributed by atoms with Crippen molar-refractivity contribution in [3.05, 3.63) is 128 Å². The lowest BCUT2D eigenvalue weighted by Crippen LogP contribution is -2.53. The number of hydrogen-bond donors (Lipinski definition) is 2. The van der Waals surface area contributed by atoms with Crippen LogP contribution in [0.25, 0.3) is 0 Å². The van der Waals surface area contributed by atoms with E-state index in [1.807, 2.05) is 6.08 Å². The summed E-state index contributed by atoms with van der Waals surface area (Å²) in [5.74, 6) is -7.51. The van der Waals surface area contributed by atoms with Gasteiger partial charge in [-0.25, -0.2) is 4.98 Å². The Morgan fingerprint density at radius 1 is 0.906 bits per heavy atom. The van der Waals surface area contributed by atoms with Crippen LogP contribution in [0.1, 0.15) is 35.4 Å². The number of benzene rings is 3. The molecule has 4 amide bonds. The number of alkyl halides is 3. The number of fused-ring (bicyclic) bond motifs is 4. The fourth-order valence-corrected chi connectivity index (χ4v) is 9.30. The zero-order chi connectivity index (χ0) is 37.6. The zero-order valence-corrected chi connectivity index (χ0v) is 30.2. The quantitative estimate of drug-likeness (QED) is 0.154. The Kier molecular flexibility index (Phi) is 8.47. The smallest absolute Gasteiger partial charge is 0.417 e. The molecule has 2 aliphatic heterocycles. The SMILES string of the molecule is O=C1C2CC3C(=CCC4C(=O)N(c5ccc(Br)cc5)C(=O)C43)C(c3ccccc3O)C2(c2ccc(Cl)cc2)C(=O)N1Nc1ncc(C(F)(F)F)cc1Cl. The monoisotopic (exact) mass is 824 g/mol. The first-order chi connectivity index (χ1) is 25.2. The Hall–Kier alpha value is -4.72. The van der Waals surface area contributed by atoms with Crippen LogP contribution >= 0.6 is 39.1 Å². The average Bonchev–Trinajstić information content (AvgIpc) is 3.50. The third-order valence-corrected chi connectivity index (χ3v) is 12.0. The van der Waals surface area contributed by atoms with Gasteiger partial charge < -0.3 is 5.11 Å². The number of aromatic nitrogens is 1. The first-order valence-electron chi connectivity index (χ1n) is 16.5. The average molecular weight is 826 g/mol. The summed E-state index contributed by atoms with van der Waals surface area (Å²) in [6.45, 7) is 0. The molecule has 4 aliphatic rings. The predicted octanol–water partition coefficient (Wildman–Crippen LogP) is 8.06. The summed E-state index contributed by atoms with van der Waals surface area (Å²) in [6.07, 6.45) is -2.26. The van der Waals surface area contributed by atoms with E-state index < -0.39 is 69.5 Å². The molecule has 2 saturated heterocycles. The number of para-hydroxylation sites is 1. The minimum Gasteiger partial charge on any atom is -0.508 e. The van der Waals surface area contributed by atoms with Gasteiger partial charge in [-0.2, -0.15) is 18.2 Å². The lowest BCUT2D eigenvalue weighted by atomic mass is 9.49. The number of carbonyl (C=O) groups is 4. The number of carbonyl (C=O) groups excluding carboxylic acids is 4. The summed E-state index contributed by atoms with van der Waals surface area (Å²) in [5, 5.41) is 12.0. The second-order valence-corrected chi connectivity index (χ2v) is 15.2. The lowest BCUT2D eigenvalue weighted by Gasteiger charge is -2.50. The van der Waals surface area contributed by atoms with E-state index in [4.69, 9.17) is 23.2 Å². The van der Waals surface area contributed by atoms with E-state index in [9.17, 15) is 32.7 Å². The number of hydrazine groups is 1. The number of anilines is 2. The van der Waals surface area contributed by atoms with Crippen LogP contribution in [-0.2, 0) is 30.8 Å². The van der Waals surface area contributed by atoms with E-state index in [1.165, 1.54) is 11.0 Å². The van der Waals surface area contributed by atoms with Crippen molar-refractivity contribution in [1.82, 2.24) is 9.99 Å². The number of phenolic OH excluding ortho intramolecular Hbond substituents is 1. The largest absolute Gasteiger partial charge is 0.508 e. The van der Waals surface area contributed by atoms with Crippen molar-refractivity contribution >= 4 is 74.3 Å². The minimum atomic E-state index is -4.75. The van der Waals surface area contributed by atoms with Crippen LogP contribution in [0.3, 0.4) is 0 Å². The number of imide groups is 2. The Balaban J connectivity index is 1.30. The van der Waals surface area contributed by atoms with Gasteiger partial charge in [-0.15, -0.1) is 0 Å². The Morgan fingerprint density at radius 3 is 2.26 bits per heavy atom. The predicted molar refractivity (Wildman–Crippen MR) is 192 cm³/mol. The van der Waals surface area contributed by atoms with Gasteiger partial charge in [0.1, 0.15) is 5.75 Å². The fourth-order valence-electron chi connectivity index (χ4n) is 8.70. The molecule has 9 nitrogen and oxygen atoms in total. The molecule has 6 atom stereocenters. The molecule has 0 spiro atoms. The van der Waals surface area contributed by atoms with Crippen LogP contribution in [0.15, 0.2) is 101 Å². The number of nitrogens with one attached hydrogen (secondary N) is 1. The maximum atomic E-state index is 15.2. The van der Waals surface area contributed by atoms with Crippen molar-refractivity contribution in [3.63, 3.8) is 0 Å². The zero-order valence-electron chi connectivity index (χ0n) is 27.2. The Labute approximate surface area is 318 Å². The normalized spacial score (nSPS) is 26.7. The van der Waals surface area contributed by atoms with E-state index in [0.717, 1.165) is 4.47 Å². The van der Waals surface area contributed by atoms with Crippen LogP contribution in [-0.4, -0.2) is 38.7 Å². The second kappa shape index (κ2) is 12.7. The molecule has 3 fully saturated rings. The molecule has 1 saturated carbocycles. The summed E-state index contributed by atoms with van der Waals surface area (Å²) < 4.78 is 41.1. The van der Waals surface area contributed by atoms with E-state index in [2.05, 4.69) is 26.3 Å². The van der Waals surface area contributed by atoms with Crippen molar-refractivity contribution < 1.29 is 37.5 Å². The van der Waals surface area contributed by atoms with E-state index in [1.54, 1.807) is 66.7 Å². The first kappa shape index (κ1) is 35.3. The Morgan fingerprint density at radius 2 is 1.60 bits per heavy atom. The maximum absolute atomic E-state index is 15.2. The number of pyridine rings is 1. The molecule has 0 radical (unpaired) electrons. The van der Waals surface area contributed by atoms with Crippen molar-refractivity contribution in [3.8, 4) is 5.75 Å². The van der Waals surface area contributed by atoms with Gasteiger partial charge in [-0.1, -0.05) is 81.1 Å². The van der Waals surface area contributed by atoms with Gasteiger partial charge >= 0.3 is 6.18 Å². The van der Waals surface area contributed by atoms with E-state index in [0.29, 0.717) is 44.7 Å². The summed E-state index contributed by atoms with van der Waals surface area (Å²) in [4.78, 5) is 63.2. The molecule has 8 rings (SSSR count). The maximum Gasteiger partial charge on any atom is 0.417 e. The molecule has 3 heterocycles. The van der Waals surface area contributed by atoms with Crippen molar-refractivity contribution in [2.24, 2.45) is 23.7 Å². The van der Waals surface area contributed by atoms with Gasteiger partial charge in [0.05, 0.1) is 39.4 Å². The van der Waals surface area contributed by atoms with Crippen LogP contribution in [0.4, 0.5) is 24.7 Å². The molecule has 270 valence electrons. The van der Waals surface area contributed by atoms with Gasteiger partial charge in [0, 0.05) is 27.2 Å². The van der Waals surface area contributed by atoms with Crippen LogP contribution in [0.2, 0.25) is 10.0 Å². The molecule has 3 aromatic carbocycles. The van der Waals surface area contributed by atoms with Crippen molar-refractivity contribution in [2.45, 2.75) is 30.4 Å². The molecule has 4 aromatic rings. The van der Waals surface area contributed by atoms with E-state index in [-0.39, 0.29) is 30.3 Å². The molecule has 1 aromatic heterocycles. The number of halogens is 6. The number of nitrogens with zero attached hydrogens (tertiary/aromatic N) is 3. The number of aromatic hydroxyl groups is 1. The summed E-state index contributed by atoms with van der Waals surface area (Å²) in [6, 6.07) is 20.2. The molecule has 2 N–H and O–H groups in total. The summed E-state index contributed by atoms with van der Waals surface area (Å²) in [5.41, 5.74) is 1.38. The highest BCUT2D eigenvalue weighted by molar-refractivity contribution is 9.10. The number of rotatable bonds is 5. The first-order valence-corrected chi connectivity index (χ1v) is 18.0. The highest BCUT2D eigenvalue weighted by atomic mass is 79.9. The third-order valence-electron chi connectivity index (χ3n) is 10.9. The van der Waals surface area contributed by atoms with Crippen LogP contribution in [0, 0.1) is 23.7 Å². The highest BCUT2D eigenvalue weighted by Crippen LogP contribution is 2.65. The highest BCUT2D eigenvalue weighted by Gasteiger charge is 2.70. The van der Waals surface area contributed by atoms with Gasteiger partial charge in [0.25, 0.3) is 11.8 Å². The molecule has 6 unspecified atom stereocenters. The molecular weight excluding hydrogens is 800 g/mol.